The van der Waals surface area contributed by atoms with E-state index in [1.54, 1.807) is 70.3 Å². The van der Waals surface area contributed by atoms with Crippen LogP contribution in [-0.4, -0.2) is 134 Å². The minimum atomic E-state index is -1.57. The van der Waals surface area contributed by atoms with Gasteiger partial charge in [-0.2, -0.15) is 0 Å². The lowest BCUT2D eigenvalue weighted by atomic mass is 9.97. The number of primary amides is 1. The fraction of sp³-hybridized carbons (Fsp3) is 0.462. The number of phenolic OH excluding ortho intramolecular Hbond substituents is 1. The van der Waals surface area contributed by atoms with Crippen molar-refractivity contribution in [2.75, 3.05) is 12.3 Å². The molecule has 1 aliphatic rings. The van der Waals surface area contributed by atoms with Gasteiger partial charge >= 0.3 is 0 Å². The molecule has 2 heterocycles. The number of benzene rings is 3. The van der Waals surface area contributed by atoms with E-state index in [9.17, 15) is 48.6 Å². The van der Waals surface area contributed by atoms with Crippen LogP contribution in [0.5, 0.6) is 5.75 Å². The summed E-state index contributed by atoms with van der Waals surface area (Å²) in [5.74, 6) is -7.50. The van der Waals surface area contributed by atoms with Crippen LogP contribution in [0.15, 0.2) is 85.1 Å². The number of H-pyrrole nitrogens is 1. The van der Waals surface area contributed by atoms with Gasteiger partial charge in [0.1, 0.15) is 48.0 Å². The molecule has 16 N–H and O–H groups in total. The molecule has 406 valence electrons. The van der Waals surface area contributed by atoms with Crippen molar-refractivity contribution in [1.82, 2.24) is 42.2 Å². The van der Waals surface area contributed by atoms with Crippen LogP contribution in [-0.2, 0) is 57.6 Å². The van der Waals surface area contributed by atoms with E-state index in [0.29, 0.717) is 24.0 Å². The maximum Gasteiger partial charge on any atom is 0.244 e. The predicted octanol–water partition coefficient (Wildman–Crippen LogP) is 0.447. The number of unbranched alkanes of at least 4 members (excludes halogenated alkanes) is 1. The highest BCUT2D eigenvalue weighted by Crippen LogP contribution is 2.39. The van der Waals surface area contributed by atoms with Crippen LogP contribution in [0.2, 0.25) is 0 Å². The first-order valence-corrected chi connectivity index (χ1v) is 27.1. The number of aromatic hydroxyl groups is 1. The lowest BCUT2D eigenvalue weighted by Crippen LogP contribution is -2.64. The molecule has 75 heavy (non-hydrogen) atoms. The molecule has 0 radical (unpaired) electrons. The zero-order valence-corrected chi connectivity index (χ0v) is 44.4. The number of carbonyl (C=O) groups is 8. The Balaban J connectivity index is 1.63. The van der Waals surface area contributed by atoms with Crippen molar-refractivity contribution in [1.29, 1.82) is 0 Å². The molecule has 0 bridgehead atoms. The van der Waals surface area contributed by atoms with Gasteiger partial charge in [-0.05, 0) is 93.8 Å². The minimum Gasteiger partial charge on any atom is -0.508 e. The molecule has 1 saturated heterocycles. The Hall–Kier alpha value is -6.66. The summed E-state index contributed by atoms with van der Waals surface area (Å²) in [7, 11) is 2.06. The number of para-hydroxylation sites is 1. The maximum absolute atomic E-state index is 14.9. The fourth-order valence-corrected chi connectivity index (χ4v) is 11.2. The second kappa shape index (κ2) is 27.8. The Morgan fingerprint density at radius 1 is 0.760 bits per heavy atom. The summed E-state index contributed by atoms with van der Waals surface area (Å²) >= 11 is 0. The molecular weight excluding hydrogens is 1000 g/mol. The lowest BCUT2D eigenvalue weighted by molar-refractivity contribution is -0.136. The van der Waals surface area contributed by atoms with E-state index >= 15 is 0 Å². The van der Waals surface area contributed by atoms with E-state index in [2.05, 4.69) is 42.2 Å². The first-order valence-electron chi connectivity index (χ1n) is 24.8. The van der Waals surface area contributed by atoms with Crippen LogP contribution < -0.4 is 54.4 Å². The molecule has 1 aromatic heterocycles. The first-order chi connectivity index (χ1) is 35.6. The van der Waals surface area contributed by atoms with Crippen LogP contribution in [0.1, 0.15) is 70.6 Å². The van der Waals surface area contributed by atoms with Crippen molar-refractivity contribution in [3.8, 4) is 5.75 Å². The number of phenols is 1. The summed E-state index contributed by atoms with van der Waals surface area (Å²) in [4.78, 5) is 117. The largest absolute Gasteiger partial charge is 0.508 e. The zero-order valence-electron chi connectivity index (χ0n) is 42.7. The van der Waals surface area contributed by atoms with Crippen molar-refractivity contribution in [3.05, 3.63) is 102 Å². The third kappa shape index (κ3) is 17.2. The van der Waals surface area contributed by atoms with Crippen LogP contribution in [0.25, 0.3) is 10.9 Å². The molecule has 0 saturated carbocycles. The number of hydrogen-bond donors (Lipinski definition) is 13. The topological polar surface area (TPSA) is 355 Å². The number of fused-ring (bicyclic) bond motifs is 1. The van der Waals surface area contributed by atoms with Crippen molar-refractivity contribution >= 4 is 79.7 Å². The highest BCUT2D eigenvalue weighted by atomic mass is 33.1. The highest BCUT2D eigenvalue weighted by Gasteiger charge is 2.42. The molecule has 21 nitrogen and oxygen atoms in total. The lowest BCUT2D eigenvalue weighted by Gasteiger charge is -2.36. The Labute approximate surface area is 444 Å². The molecule has 0 spiro atoms. The van der Waals surface area contributed by atoms with E-state index in [1.807, 2.05) is 30.3 Å². The van der Waals surface area contributed by atoms with Crippen molar-refractivity contribution in [2.24, 2.45) is 23.1 Å². The number of aliphatic hydroxyl groups is 1. The number of nitrogens with two attached hydrogens (primary N) is 3. The number of amides is 8. The maximum atomic E-state index is 14.9. The quantitative estimate of drug-likeness (QED) is 0.0505. The van der Waals surface area contributed by atoms with Gasteiger partial charge in [-0.3, -0.25) is 38.4 Å². The summed E-state index contributed by atoms with van der Waals surface area (Å²) in [5, 5.41) is 40.4. The number of carbonyl (C=O) groups excluding carboxylic acids is 8. The monoisotopic (exact) mass is 1070 g/mol. The van der Waals surface area contributed by atoms with Gasteiger partial charge in [0, 0.05) is 40.4 Å². The summed E-state index contributed by atoms with van der Waals surface area (Å²) in [6, 6.07) is 11.3. The fourth-order valence-electron chi connectivity index (χ4n) is 8.35. The Morgan fingerprint density at radius 3 is 2.01 bits per heavy atom. The van der Waals surface area contributed by atoms with Crippen molar-refractivity contribution < 1.29 is 48.6 Å². The molecule has 1 fully saturated rings. The number of aromatic amines is 1. The molecule has 0 unspecified atom stereocenters. The summed E-state index contributed by atoms with van der Waals surface area (Å²) in [6.07, 6.45) is 1.05. The third-order valence-electron chi connectivity index (χ3n) is 12.7. The van der Waals surface area contributed by atoms with Crippen molar-refractivity contribution in [3.63, 3.8) is 0 Å². The van der Waals surface area contributed by atoms with Crippen LogP contribution in [0.3, 0.4) is 0 Å². The van der Waals surface area contributed by atoms with Gasteiger partial charge < -0.3 is 69.6 Å². The molecule has 3 aromatic carbocycles. The number of rotatable bonds is 17. The van der Waals surface area contributed by atoms with Gasteiger partial charge in [-0.15, -0.1) is 0 Å². The molecule has 5 rings (SSSR count). The highest BCUT2D eigenvalue weighted by molar-refractivity contribution is 8.77. The molecule has 8 amide bonds. The van der Waals surface area contributed by atoms with E-state index in [1.165, 1.54) is 19.1 Å². The van der Waals surface area contributed by atoms with Gasteiger partial charge in [0.2, 0.25) is 47.3 Å². The van der Waals surface area contributed by atoms with Gasteiger partial charge in [0.15, 0.2) is 0 Å². The summed E-state index contributed by atoms with van der Waals surface area (Å²) < 4.78 is -1.34. The zero-order chi connectivity index (χ0) is 55.0. The second-order valence-corrected chi connectivity index (χ2v) is 22.5. The SMILES string of the molecule is CC(C)[C@@H]1NC(=O)[C@H](CCCCN)NC(=O)[C@@H](Cc2c[nH]c3ccccc23)NC(=O)[C@H](Cc2ccc(O)cc2)NC(=O)[C@@H](NC(=O)[C@H](N)Cc2ccccc2)CSSC(C)(C)[C@H](C(=O)N[C@H](C(N)=O)[C@@H](C)O)NC1=O. The smallest absolute Gasteiger partial charge is 0.244 e. The molecule has 4 aromatic rings. The molecule has 23 heteroatoms. The minimum absolute atomic E-state index is 0.0503. The van der Waals surface area contributed by atoms with Crippen molar-refractivity contribution in [2.45, 2.75) is 132 Å². The van der Waals surface area contributed by atoms with E-state index in [-0.39, 0.29) is 43.7 Å². The van der Waals surface area contributed by atoms with Crippen LogP contribution in [0, 0.1) is 5.92 Å². The average molecular weight is 1070 g/mol. The van der Waals surface area contributed by atoms with Crippen LogP contribution in [0.4, 0.5) is 0 Å². The molecular formula is C52H71N11O10S2. The Bertz CT molecular complexity index is 2620. The molecule has 0 aliphatic carbocycles. The van der Waals surface area contributed by atoms with Gasteiger partial charge in [-0.25, -0.2) is 0 Å². The Morgan fingerprint density at radius 2 is 1.37 bits per heavy atom. The summed E-state index contributed by atoms with van der Waals surface area (Å²) in [6.45, 7) is 8.06. The second-order valence-electron chi connectivity index (χ2n) is 19.5. The third-order valence-corrected chi connectivity index (χ3v) is 16.0. The Kier molecular flexibility index (Phi) is 21.9. The molecule has 9 atom stereocenters. The van der Waals surface area contributed by atoms with E-state index < -0.39 is 112 Å². The van der Waals surface area contributed by atoms with E-state index in [0.717, 1.165) is 38.1 Å². The standard InChI is InChI=1S/C52H71N11O10S2/c1-28(2)41-50(72)63-43(51(73)62-42(29(3)64)44(55)66)52(4,5)75-74-27-40(60-45(67)35(54)23-30-13-7-6-8-14-30)49(71)58-38(24-31-18-20-33(65)21-19-31)47(69)59-39(25-32-26-56-36-16-10-9-15-34(32)36)48(70)57-37(46(68)61-41)17-11-12-22-53/h6-10,13-16,18-21,26,28-29,35,37-43,56,64-65H,11-12,17,22-25,27,53-54H2,1-5H3,(H2,55,66)(H,57,70)(H,58,71)(H,59,69)(H,60,67)(H,61,68)(H,62,73)(H,63,72)/t29-,35-,37+,38+,39-,40+,41+,42+,43+/m1/s1. The number of hydrogen-bond acceptors (Lipinski definition) is 14. The number of nitrogens with one attached hydrogen (secondary N) is 8. The normalized spacial score (nSPS) is 22.5. The summed E-state index contributed by atoms with van der Waals surface area (Å²) in [5.41, 5.74) is 20.5. The first kappa shape index (κ1) is 59.2. The predicted molar refractivity (Wildman–Crippen MR) is 288 cm³/mol. The number of aliphatic hydroxyl groups excluding tert-OH is 1. The molecule has 1 aliphatic heterocycles. The number of aromatic nitrogens is 1. The van der Waals surface area contributed by atoms with Crippen LogP contribution >= 0.6 is 21.6 Å². The van der Waals surface area contributed by atoms with Gasteiger partial charge in [-0.1, -0.05) is 96.1 Å². The van der Waals surface area contributed by atoms with Gasteiger partial charge in [0.05, 0.1) is 12.1 Å². The van der Waals surface area contributed by atoms with Gasteiger partial charge in [0.25, 0.3) is 0 Å². The van der Waals surface area contributed by atoms with E-state index in [4.69, 9.17) is 17.2 Å². The average Bonchev–Trinajstić information content (AvgIpc) is 3.77.